The van der Waals surface area contributed by atoms with E-state index in [1.807, 2.05) is 0 Å². The number of aliphatic hydroxyl groups is 1. The van der Waals surface area contributed by atoms with Crippen LogP contribution in [0.4, 0.5) is 0 Å². The highest BCUT2D eigenvalue weighted by Gasteiger charge is 2.16. The number of aromatic nitrogens is 1. The molecule has 0 saturated heterocycles. The summed E-state index contributed by atoms with van der Waals surface area (Å²) < 4.78 is 0. The molecule has 1 aromatic heterocycles. The molecular weight excluding hydrogens is 211 g/mol. The maximum atomic E-state index is 9.21. The van der Waals surface area contributed by atoms with Gasteiger partial charge in [-0.1, -0.05) is 23.2 Å². The van der Waals surface area contributed by atoms with Crippen molar-refractivity contribution in [3.05, 3.63) is 28.0 Å². The molecule has 0 aliphatic carbocycles. The van der Waals surface area contributed by atoms with E-state index in [1.165, 1.54) is 6.20 Å². The smallest absolute Gasteiger partial charge is 0.0784 e. The Morgan fingerprint density at radius 3 is 2.62 bits per heavy atom. The maximum absolute atomic E-state index is 9.21. The minimum absolute atomic E-state index is 0.376. The second kappa shape index (κ2) is 4.24. The van der Waals surface area contributed by atoms with Crippen molar-refractivity contribution in [2.45, 2.75) is 19.1 Å². The highest BCUT2D eigenvalue weighted by molar-refractivity contribution is 6.34. The van der Waals surface area contributed by atoms with Crippen LogP contribution in [0.1, 0.15) is 18.7 Å². The fourth-order valence-electron chi connectivity index (χ4n) is 0.899. The number of pyridine rings is 1. The zero-order chi connectivity index (χ0) is 10.0. The Morgan fingerprint density at radius 1 is 1.54 bits per heavy atom. The predicted molar refractivity (Wildman–Crippen MR) is 52.9 cm³/mol. The summed E-state index contributed by atoms with van der Waals surface area (Å²) in [5.74, 6) is 0. The molecule has 3 nitrogen and oxygen atoms in total. The highest BCUT2D eigenvalue weighted by atomic mass is 35.5. The van der Waals surface area contributed by atoms with Crippen LogP contribution in [0.25, 0.3) is 0 Å². The van der Waals surface area contributed by atoms with Crippen LogP contribution >= 0.6 is 23.2 Å². The van der Waals surface area contributed by atoms with E-state index in [0.717, 1.165) is 0 Å². The first-order chi connectivity index (χ1) is 6.02. The average molecular weight is 221 g/mol. The van der Waals surface area contributed by atoms with E-state index in [9.17, 15) is 5.11 Å². The molecule has 72 valence electrons. The summed E-state index contributed by atoms with van der Waals surface area (Å²) in [5.41, 5.74) is 6.11. The second-order valence-electron chi connectivity index (χ2n) is 2.79. The molecule has 13 heavy (non-hydrogen) atoms. The standard InChI is InChI=1S/C8H10Cl2N2O/c1-4(13)7(11)8-6(10)2-5(9)3-12-8/h2-4,7,13H,11H2,1H3. The topological polar surface area (TPSA) is 59.1 Å². The Bertz CT molecular complexity index is 304. The predicted octanol–water partition coefficient (Wildman–Crippen LogP) is 1.77. The van der Waals surface area contributed by atoms with Crippen molar-refractivity contribution in [3.63, 3.8) is 0 Å². The van der Waals surface area contributed by atoms with Crippen molar-refractivity contribution in [1.29, 1.82) is 0 Å². The van der Waals surface area contributed by atoms with Gasteiger partial charge in [-0.05, 0) is 13.0 Å². The summed E-state index contributed by atoms with van der Waals surface area (Å²) >= 11 is 11.5. The van der Waals surface area contributed by atoms with E-state index in [-0.39, 0.29) is 0 Å². The molecule has 5 heteroatoms. The lowest BCUT2D eigenvalue weighted by atomic mass is 10.1. The lowest BCUT2D eigenvalue weighted by Gasteiger charge is -2.15. The number of nitrogens with two attached hydrogens (primary N) is 1. The van der Waals surface area contributed by atoms with Gasteiger partial charge in [-0.3, -0.25) is 4.98 Å². The van der Waals surface area contributed by atoms with Crippen LogP contribution in [0.2, 0.25) is 10.0 Å². The Hall–Kier alpha value is -0.350. The van der Waals surface area contributed by atoms with Gasteiger partial charge in [-0.25, -0.2) is 0 Å². The van der Waals surface area contributed by atoms with Gasteiger partial charge in [0.05, 0.1) is 27.9 Å². The number of halogens is 2. The molecule has 2 atom stereocenters. The first-order valence-electron chi connectivity index (χ1n) is 3.77. The maximum Gasteiger partial charge on any atom is 0.0784 e. The number of rotatable bonds is 2. The van der Waals surface area contributed by atoms with Crippen molar-refractivity contribution in [1.82, 2.24) is 4.98 Å². The third-order valence-electron chi connectivity index (χ3n) is 1.67. The van der Waals surface area contributed by atoms with Gasteiger partial charge in [0.2, 0.25) is 0 Å². The molecule has 0 aromatic carbocycles. The zero-order valence-corrected chi connectivity index (χ0v) is 8.55. The molecular formula is C8H10Cl2N2O. The molecule has 0 bridgehead atoms. The van der Waals surface area contributed by atoms with Gasteiger partial charge in [-0.15, -0.1) is 0 Å². The summed E-state index contributed by atoms with van der Waals surface area (Å²) in [6.07, 6.45) is 0.761. The van der Waals surface area contributed by atoms with E-state index in [4.69, 9.17) is 28.9 Å². The number of hydrogen-bond acceptors (Lipinski definition) is 3. The van der Waals surface area contributed by atoms with Crippen LogP contribution in [-0.4, -0.2) is 16.2 Å². The molecule has 3 N–H and O–H groups in total. The second-order valence-corrected chi connectivity index (χ2v) is 3.63. The molecule has 0 aliphatic heterocycles. The molecule has 1 rings (SSSR count). The molecule has 0 saturated carbocycles. The van der Waals surface area contributed by atoms with Gasteiger partial charge in [0.15, 0.2) is 0 Å². The van der Waals surface area contributed by atoms with E-state index in [2.05, 4.69) is 4.98 Å². The molecule has 0 spiro atoms. The van der Waals surface area contributed by atoms with Gasteiger partial charge in [0.25, 0.3) is 0 Å². The fraction of sp³-hybridized carbons (Fsp3) is 0.375. The Kier molecular flexibility index (Phi) is 3.50. The normalized spacial score (nSPS) is 15.5. The number of hydrogen-bond donors (Lipinski definition) is 2. The summed E-state index contributed by atoms with van der Waals surface area (Å²) in [6.45, 7) is 1.58. The molecule has 0 fully saturated rings. The van der Waals surface area contributed by atoms with Crippen LogP contribution in [0.3, 0.4) is 0 Å². The number of nitrogens with zero attached hydrogens (tertiary/aromatic N) is 1. The zero-order valence-electron chi connectivity index (χ0n) is 7.04. The molecule has 0 radical (unpaired) electrons. The Balaban J connectivity index is 3.01. The van der Waals surface area contributed by atoms with Gasteiger partial charge in [0, 0.05) is 6.20 Å². The van der Waals surface area contributed by atoms with Gasteiger partial charge >= 0.3 is 0 Å². The van der Waals surface area contributed by atoms with Crippen molar-refractivity contribution in [2.75, 3.05) is 0 Å². The summed E-state index contributed by atoms with van der Waals surface area (Å²) in [7, 11) is 0. The first kappa shape index (κ1) is 10.7. The van der Waals surface area contributed by atoms with Crippen molar-refractivity contribution < 1.29 is 5.11 Å². The van der Waals surface area contributed by atoms with E-state index in [0.29, 0.717) is 15.7 Å². The minimum Gasteiger partial charge on any atom is -0.391 e. The SMILES string of the molecule is CC(O)C(N)c1ncc(Cl)cc1Cl. The van der Waals surface area contributed by atoms with Gasteiger partial charge < -0.3 is 10.8 Å². The molecule has 2 unspecified atom stereocenters. The quantitative estimate of drug-likeness (QED) is 0.799. The summed E-state index contributed by atoms with van der Waals surface area (Å²) in [4.78, 5) is 3.95. The lowest BCUT2D eigenvalue weighted by molar-refractivity contribution is 0.162. The van der Waals surface area contributed by atoms with Gasteiger partial charge in [0.1, 0.15) is 0 Å². The first-order valence-corrected chi connectivity index (χ1v) is 4.52. The van der Waals surface area contributed by atoms with Crippen LogP contribution < -0.4 is 5.73 Å². The average Bonchev–Trinajstić information content (AvgIpc) is 2.03. The lowest BCUT2D eigenvalue weighted by Crippen LogP contribution is -2.24. The third-order valence-corrected chi connectivity index (χ3v) is 2.18. The minimum atomic E-state index is -0.689. The molecule has 1 heterocycles. The summed E-state index contributed by atoms with van der Waals surface area (Å²) in [6, 6.07) is 0.970. The summed E-state index contributed by atoms with van der Waals surface area (Å²) in [5, 5.41) is 10.0. The monoisotopic (exact) mass is 220 g/mol. The number of aliphatic hydroxyl groups excluding tert-OH is 1. The van der Waals surface area contributed by atoms with Crippen molar-refractivity contribution in [2.24, 2.45) is 5.73 Å². The molecule has 1 aromatic rings. The molecule has 0 aliphatic rings. The van der Waals surface area contributed by atoms with Crippen molar-refractivity contribution >= 4 is 23.2 Å². The molecule has 0 amide bonds. The Labute approximate surface area is 86.5 Å². The van der Waals surface area contributed by atoms with Crippen LogP contribution in [-0.2, 0) is 0 Å². The van der Waals surface area contributed by atoms with Crippen LogP contribution in [0.15, 0.2) is 12.3 Å². The fourth-order valence-corrected chi connectivity index (χ4v) is 1.40. The Morgan fingerprint density at radius 2 is 2.15 bits per heavy atom. The third kappa shape index (κ3) is 2.54. The van der Waals surface area contributed by atoms with Crippen LogP contribution in [0, 0.1) is 0 Å². The van der Waals surface area contributed by atoms with Crippen molar-refractivity contribution in [3.8, 4) is 0 Å². The van der Waals surface area contributed by atoms with E-state index >= 15 is 0 Å². The van der Waals surface area contributed by atoms with Crippen LogP contribution in [0.5, 0.6) is 0 Å². The van der Waals surface area contributed by atoms with Gasteiger partial charge in [-0.2, -0.15) is 0 Å². The highest BCUT2D eigenvalue weighted by Crippen LogP contribution is 2.23. The van der Waals surface area contributed by atoms with E-state index in [1.54, 1.807) is 13.0 Å². The van der Waals surface area contributed by atoms with E-state index < -0.39 is 12.1 Å². The largest absolute Gasteiger partial charge is 0.391 e.